The van der Waals surface area contributed by atoms with Gasteiger partial charge in [0.05, 0.1) is 18.3 Å². The zero-order chi connectivity index (χ0) is 12.3. The molecule has 0 atom stereocenters. The van der Waals surface area contributed by atoms with Crippen LogP contribution in [0.5, 0.6) is 0 Å². The number of hydrogen-bond donors (Lipinski definition) is 0. The van der Waals surface area contributed by atoms with E-state index in [0.29, 0.717) is 12.5 Å². The molecular weight excluding hydrogens is 219 g/mol. The number of terminal acetylenes is 1. The van der Waals surface area contributed by atoms with Crippen molar-refractivity contribution in [1.29, 1.82) is 0 Å². The van der Waals surface area contributed by atoms with Crippen LogP contribution in [0.3, 0.4) is 0 Å². The summed E-state index contributed by atoms with van der Waals surface area (Å²) in [4.78, 5) is 17.3. The molecule has 1 amide bonds. The molecule has 4 heteroatoms. The predicted octanol–water partition coefficient (Wildman–Crippen LogP) is 1.71. The quantitative estimate of drug-likeness (QED) is 0.740. The summed E-state index contributed by atoms with van der Waals surface area (Å²) < 4.78 is 13.0. The van der Waals surface area contributed by atoms with E-state index >= 15 is 0 Å². The first kappa shape index (κ1) is 11.6. The Bertz CT molecular complexity index is 463. The summed E-state index contributed by atoms with van der Waals surface area (Å²) in [5.41, 5.74) is 0.251. The molecule has 0 aromatic carbocycles. The number of rotatable bonds is 4. The molecule has 1 saturated carbocycles. The van der Waals surface area contributed by atoms with Crippen molar-refractivity contribution in [3.05, 3.63) is 29.8 Å². The summed E-state index contributed by atoms with van der Waals surface area (Å²) in [5, 5.41) is 0. The maximum atomic E-state index is 13.0. The minimum Gasteiger partial charge on any atom is -0.327 e. The van der Waals surface area contributed by atoms with E-state index in [0.717, 1.165) is 19.0 Å². The number of hydrogen-bond acceptors (Lipinski definition) is 2. The third-order valence-corrected chi connectivity index (χ3v) is 2.70. The lowest BCUT2D eigenvalue weighted by atomic mass is 10.2. The molecule has 88 valence electrons. The third-order valence-electron chi connectivity index (χ3n) is 2.70. The SMILES string of the molecule is C#CCN(CC1CC1)C(=O)c1cncc(F)c1. The summed E-state index contributed by atoms with van der Waals surface area (Å²) in [5.74, 6) is 2.25. The summed E-state index contributed by atoms with van der Waals surface area (Å²) in [6, 6.07) is 1.19. The van der Waals surface area contributed by atoms with E-state index in [1.54, 1.807) is 4.90 Å². The summed E-state index contributed by atoms with van der Waals surface area (Å²) >= 11 is 0. The number of aromatic nitrogens is 1. The first-order valence-corrected chi connectivity index (χ1v) is 5.54. The van der Waals surface area contributed by atoms with E-state index in [1.807, 2.05) is 0 Å². The highest BCUT2D eigenvalue weighted by molar-refractivity contribution is 5.94. The van der Waals surface area contributed by atoms with Gasteiger partial charge in [0.2, 0.25) is 0 Å². The lowest BCUT2D eigenvalue weighted by molar-refractivity contribution is 0.0769. The predicted molar refractivity (Wildman–Crippen MR) is 61.7 cm³/mol. The van der Waals surface area contributed by atoms with Crippen molar-refractivity contribution < 1.29 is 9.18 Å². The Balaban J connectivity index is 2.12. The van der Waals surface area contributed by atoms with Crippen LogP contribution in [0.15, 0.2) is 18.5 Å². The smallest absolute Gasteiger partial charge is 0.256 e. The Kier molecular flexibility index (Phi) is 3.38. The van der Waals surface area contributed by atoms with Crippen LogP contribution in [-0.4, -0.2) is 28.9 Å². The minimum atomic E-state index is -0.511. The summed E-state index contributed by atoms with van der Waals surface area (Å²) in [6.45, 7) is 0.908. The molecule has 0 radical (unpaired) electrons. The number of nitrogens with zero attached hydrogens (tertiary/aromatic N) is 2. The number of pyridine rings is 1. The van der Waals surface area contributed by atoms with Gasteiger partial charge in [0.1, 0.15) is 5.82 Å². The highest BCUT2D eigenvalue weighted by Crippen LogP contribution is 2.30. The van der Waals surface area contributed by atoms with Crippen molar-refractivity contribution in [1.82, 2.24) is 9.88 Å². The average Bonchev–Trinajstić information content (AvgIpc) is 3.11. The van der Waals surface area contributed by atoms with Gasteiger partial charge >= 0.3 is 0 Å². The average molecular weight is 232 g/mol. The molecule has 1 heterocycles. The Hall–Kier alpha value is -1.89. The second-order valence-electron chi connectivity index (χ2n) is 4.23. The molecule has 0 aliphatic heterocycles. The van der Waals surface area contributed by atoms with Crippen LogP contribution in [0.2, 0.25) is 0 Å². The van der Waals surface area contributed by atoms with E-state index in [-0.39, 0.29) is 18.0 Å². The van der Waals surface area contributed by atoms with Crippen LogP contribution >= 0.6 is 0 Å². The monoisotopic (exact) mass is 232 g/mol. The molecule has 1 aromatic rings. The fourth-order valence-corrected chi connectivity index (χ4v) is 1.65. The Morgan fingerprint density at radius 1 is 1.59 bits per heavy atom. The molecule has 0 unspecified atom stereocenters. The van der Waals surface area contributed by atoms with Gasteiger partial charge in [-0.25, -0.2) is 4.39 Å². The molecule has 2 rings (SSSR count). The lowest BCUT2D eigenvalue weighted by Crippen LogP contribution is -2.33. The van der Waals surface area contributed by atoms with Gasteiger partial charge in [-0.15, -0.1) is 6.42 Å². The molecule has 1 aromatic heterocycles. The van der Waals surface area contributed by atoms with Crippen LogP contribution in [0.1, 0.15) is 23.2 Å². The van der Waals surface area contributed by atoms with Crippen LogP contribution < -0.4 is 0 Å². The van der Waals surface area contributed by atoms with Gasteiger partial charge in [-0.1, -0.05) is 5.92 Å². The minimum absolute atomic E-state index is 0.248. The van der Waals surface area contributed by atoms with E-state index in [2.05, 4.69) is 10.9 Å². The Labute approximate surface area is 99.7 Å². The zero-order valence-corrected chi connectivity index (χ0v) is 9.40. The van der Waals surface area contributed by atoms with Gasteiger partial charge in [0, 0.05) is 12.7 Å². The maximum absolute atomic E-state index is 13.0. The van der Waals surface area contributed by atoms with Crippen molar-refractivity contribution in [3.63, 3.8) is 0 Å². The highest BCUT2D eigenvalue weighted by atomic mass is 19.1. The Morgan fingerprint density at radius 3 is 2.94 bits per heavy atom. The first-order valence-electron chi connectivity index (χ1n) is 5.54. The second kappa shape index (κ2) is 4.96. The van der Waals surface area contributed by atoms with Crippen molar-refractivity contribution >= 4 is 5.91 Å². The molecule has 0 N–H and O–H groups in total. The maximum Gasteiger partial charge on any atom is 0.256 e. The largest absolute Gasteiger partial charge is 0.327 e. The van der Waals surface area contributed by atoms with Crippen molar-refractivity contribution in [2.24, 2.45) is 5.92 Å². The normalized spacial score (nSPS) is 14.1. The number of halogens is 1. The van der Waals surface area contributed by atoms with E-state index in [1.165, 1.54) is 12.3 Å². The zero-order valence-electron chi connectivity index (χ0n) is 9.40. The highest BCUT2D eigenvalue weighted by Gasteiger charge is 2.27. The van der Waals surface area contributed by atoms with E-state index < -0.39 is 5.82 Å². The van der Waals surface area contributed by atoms with Gasteiger partial charge in [-0.2, -0.15) is 0 Å². The van der Waals surface area contributed by atoms with Gasteiger partial charge in [0.25, 0.3) is 5.91 Å². The van der Waals surface area contributed by atoms with Gasteiger partial charge in [0.15, 0.2) is 0 Å². The fourth-order valence-electron chi connectivity index (χ4n) is 1.65. The molecule has 0 bridgehead atoms. The molecule has 0 saturated heterocycles. The second-order valence-corrected chi connectivity index (χ2v) is 4.23. The summed E-state index contributed by atoms with van der Waals surface area (Å²) in [6.07, 6.45) is 9.94. The number of carbonyl (C=O) groups is 1. The van der Waals surface area contributed by atoms with Crippen LogP contribution in [0.25, 0.3) is 0 Å². The number of amides is 1. The van der Waals surface area contributed by atoms with E-state index in [4.69, 9.17) is 6.42 Å². The van der Waals surface area contributed by atoms with Crippen molar-refractivity contribution in [2.75, 3.05) is 13.1 Å². The van der Waals surface area contributed by atoms with Crippen LogP contribution in [-0.2, 0) is 0 Å². The molecule has 17 heavy (non-hydrogen) atoms. The van der Waals surface area contributed by atoms with Gasteiger partial charge < -0.3 is 4.90 Å². The molecule has 3 nitrogen and oxygen atoms in total. The molecule has 1 aliphatic carbocycles. The van der Waals surface area contributed by atoms with Crippen molar-refractivity contribution in [3.8, 4) is 12.3 Å². The lowest BCUT2D eigenvalue weighted by Gasteiger charge is -2.19. The fraction of sp³-hybridized carbons (Fsp3) is 0.385. The molecule has 0 spiro atoms. The van der Waals surface area contributed by atoms with Gasteiger partial charge in [-0.05, 0) is 24.8 Å². The Morgan fingerprint density at radius 2 is 2.35 bits per heavy atom. The molecule has 1 fully saturated rings. The van der Waals surface area contributed by atoms with E-state index in [9.17, 15) is 9.18 Å². The number of carbonyl (C=O) groups excluding carboxylic acids is 1. The van der Waals surface area contributed by atoms with Crippen molar-refractivity contribution in [2.45, 2.75) is 12.8 Å². The van der Waals surface area contributed by atoms with Crippen LogP contribution in [0, 0.1) is 24.1 Å². The summed E-state index contributed by atoms with van der Waals surface area (Å²) in [7, 11) is 0. The molecular formula is C13H13FN2O. The standard InChI is InChI=1S/C13H13FN2O/c1-2-5-16(9-10-3-4-10)13(17)11-6-12(14)8-15-7-11/h1,6-8,10H,3-5,9H2. The van der Waals surface area contributed by atoms with Crippen LogP contribution in [0.4, 0.5) is 4.39 Å². The topological polar surface area (TPSA) is 33.2 Å². The van der Waals surface area contributed by atoms with Gasteiger partial charge in [-0.3, -0.25) is 9.78 Å². The first-order chi connectivity index (χ1) is 8.20. The third kappa shape index (κ3) is 3.04. The molecule has 1 aliphatic rings.